The zero-order valence-corrected chi connectivity index (χ0v) is 23.0. The van der Waals surface area contributed by atoms with Crippen LogP contribution in [0.4, 0.5) is 0 Å². The highest BCUT2D eigenvalue weighted by molar-refractivity contribution is 8.13. The van der Waals surface area contributed by atoms with E-state index in [-0.39, 0.29) is 18.0 Å². The second-order valence-corrected chi connectivity index (χ2v) is 10.1. The van der Waals surface area contributed by atoms with Crippen LogP contribution in [-0.2, 0) is 39.3 Å². The van der Waals surface area contributed by atoms with Gasteiger partial charge in [0, 0.05) is 18.7 Å². The molecular weight excluding hydrogens is 512 g/mol. The second kappa shape index (κ2) is 15.1. The van der Waals surface area contributed by atoms with Crippen LogP contribution in [0.15, 0.2) is 30.3 Å². The number of carbonyl (C=O) groups is 6. The van der Waals surface area contributed by atoms with E-state index in [1.54, 1.807) is 6.92 Å². The average Bonchev–Trinajstić information content (AvgIpc) is 3.40. The summed E-state index contributed by atoms with van der Waals surface area (Å²) in [6, 6.07) is 6.18. The van der Waals surface area contributed by atoms with Crippen molar-refractivity contribution in [2.45, 2.75) is 76.4 Å². The summed E-state index contributed by atoms with van der Waals surface area (Å²) in [5, 5.41) is 7.57. The SMILES string of the molecule is COC(=O)CCC(=O)N[C@@H](C)C(=O)N[C@@H](C)C(=O)N1CCC[C@H]1C(=O)N[C@@H](C)C(=O)SCc1ccccc1. The van der Waals surface area contributed by atoms with E-state index < -0.39 is 53.8 Å². The fourth-order valence-corrected chi connectivity index (χ4v) is 4.68. The van der Waals surface area contributed by atoms with Crippen LogP contribution in [0.1, 0.15) is 52.0 Å². The van der Waals surface area contributed by atoms with Crippen LogP contribution in [0.5, 0.6) is 0 Å². The number of esters is 1. The van der Waals surface area contributed by atoms with E-state index in [1.807, 2.05) is 30.3 Å². The molecule has 1 aliphatic rings. The second-order valence-electron chi connectivity index (χ2n) is 9.11. The molecule has 12 heteroatoms. The summed E-state index contributed by atoms with van der Waals surface area (Å²) >= 11 is 1.12. The minimum Gasteiger partial charge on any atom is -0.469 e. The summed E-state index contributed by atoms with van der Waals surface area (Å²) in [6.45, 7) is 4.93. The molecule has 11 nitrogen and oxygen atoms in total. The van der Waals surface area contributed by atoms with Gasteiger partial charge in [0.05, 0.1) is 19.6 Å². The van der Waals surface area contributed by atoms with Gasteiger partial charge in [0.15, 0.2) is 0 Å². The topological polar surface area (TPSA) is 151 Å². The minimum atomic E-state index is -0.939. The quantitative estimate of drug-likeness (QED) is 0.326. The predicted octanol–water partition coefficient (Wildman–Crippen LogP) is 0.905. The van der Waals surface area contributed by atoms with Crippen LogP contribution in [0, 0.1) is 0 Å². The Labute approximate surface area is 226 Å². The Morgan fingerprint density at radius 3 is 2.29 bits per heavy atom. The summed E-state index contributed by atoms with van der Waals surface area (Å²) in [4.78, 5) is 75.5. The van der Waals surface area contributed by atoms with Gasteiger partial charge in [0.2, 0.25) is 28.7 Å². The van der Waals surface area contributed by atoms with Crippen LogP contribution in [0.2, 0.25) is 0 Å². The van der Waals surface area contributed by atoms with E-state index in [9.17, 15) is 28.8 Å². The average molecular weight is 549 g/mol. The number of thioether (sulfide) groups is 1. The molecule has 0 spiro atoms. The lowest BCUT2D eigenvalue weighted by Crippen LogP contribution is -2.56. The van der Waals surface area contributed by atoms with E-state index in [4.69, 9.17) is 0 Å². The Morgan fingerprint density at radius 1 is 0.947 bits per heavy atom. The van der Waals surface area contributed by atoms with Crippen molar-refractivity contribution in [2.24, 2.45) is 0 Å². The number of ether oxygens (including phenoxy) is 1. The van der Waals surface area contributed by atoms with Crippen molar-refractivity contribution >= 4 is 46.5 Å². The van der Waals surface area contributed by atoms with Crippen LogP contribution in [0.25, 0.3) is 0 Å². The lowest BCUT2D eigenvalue weighted by atomic mass is 10.1. The van der Waals surface area contributed by atoms with Gasteiger partial charge in [0.1, 0.15) is 18.1 Å². The molecule has 1 aliphatic heterocycles. The van der Waals surface area contributed by atoms with Crippen LogP contribution in [-0.4, -0.2) is 77.4 Å². The zero-order valence-electron chi connectivity index (χ0n) is 22.2. The number of nitrogens with one attached hydrogen (secondary N) is 3. The van der Waals surface area contributed by atoms with Gasteiger partial charge in [-0.15, -0.1) is 0 Å². The highest BCUT2D eigenvalue weighted by Gasteiger charge is 2.37. The van der Waals surface area contributed by atoms with Crippen molar-refractivity contribution in [3.8, 4) is 0 Å². The van der Waals surface area contributed by atoms with E-state index in [2.05, 4.69) is 20.7 Å². The molecule has 0 aliphatic carbocycles. The third-order valence-electron chi connectivity index (χ3n) is 6.06. The maximum Gasteiger partial charge on any atom is 0.306 e. The number of hydrogen-bond donors (Lipinski definition) is 3. The molecule has 0 aromatic heterocycles. The summed E-state index contributed by atoms with van der Waals surface area (Å²) in [6.07, 6.45) is 0.820. The largest absolute Gasteiger partial charge is 0.469 e. The molecule has 0 unspecified atom stereocenters. The molecule has 38 heavy (non-hydrogen) atoms. The first-order valence-electron chi connectivity index (χ1n) is 12.5. The molecule has 2 rings (SSSR count). The lowest BCUT2D eigenvalue weighted by molar-refractivity contribution is -0.142. The van der Waals surface area contributed by atoms with E-state index in [1.165, 1.54) is 25.9 Å². The molecule has 208 valence electrons. The summed E-state index contributed by atoms with van der Waals surface area (Å²) in [5.41, 5.74) is 1.00. The molecule has 1 aromatic carbocycles. The molecular formula is C26H36N4O7S. The van der Waals surface area contributed by atoms with Crippen LogP contribution in [0.3, 0.4) is 0 Å². The fourth-order valence-electron chi connectivity index (χ4n) is 3.87. The number of methoxy groups -OCH3 is 1. The van der Waals surface area contributed by atoms with Gasteiger partial charge in [0.25, 0.3) is 0 Å². The van der Waals surface area contributed by atoms with E-state index in [0.29, 0.717) is 25.1 Å². The standard InChI is InChI=1S/C26H36N4O7S/c1-16(27-21(31)12-13-22(32)37-4)23(33)28-17(2)25(35)30-14-8-11-20(30)24(34)29-18(3)26(36)38-15-19-9-6-5-7-10-19/h5-7,9-10,16-18,20H,8,11-15H2,1-4H3,(H,27,31)(H,28,33)(H,29,34)/t16-,17-,18-,20-/m0/s1. The van der Waals surface area contributed by atoms with E-state index >= 15 is 0 Å². The van der Waals surface area contributed by atoms with Gasteiger partial charge in [-0.25, -0.2) is 0 Å². The Balaban J connectivity index is 1.84. The highest BCUT2D eigenvalue weighted by Crippen LogP contribution is 2.20. The van der Waals surface area contributed by atoms with Crippen molar-refractivity contribution < 1.29 is 33.5 Å². The molecule has 3 N–H and O–H groups in total. The highest BCUT2D eigenvalue weighted by atomic mass is 32.2. The van der Waals surface area contributed by atoms with Gasteiger partial charge >= 0.3 is 5.97 Å². The molecule has 4 amide bonds. The number of hydrogen-bond acceptors (Lipinski definition) is 8. The van der Waals surface area contributed by atoms with E-state index in [0.717, 1.165) is 17.3 Å². The predicted molar refractivity (Wildman–Crippen MR) is 142 cm³/mol. The maximum absolute atomic E-state index is 13.1. The first-order chi connectivity index (χ1) is 18.0. The zero-order chi connectivity index (χ0) is 28.2. The van der Waals surface area contributed by atoms with Gasteiger partial charge in [-0.3, -0.25) is 28.8 Å². The van der Waals surface area contributed by atoms with Crippen molar-refractivity contribution in [2.75, 3.05) is 13.7 Å². The molecule has 1 fully saturated rings. The maximum atomic E-state index is 13.1. The summed E-state index contributed by atoms with van der Waals surface area (Å²) in [7, 11) is 1.22. The molecule has 0 bridgehead atoms. The smallest absolute Gasteiger partial charge is 0.306 e. The molecule has 1 aromatic rings. The van der Waals surface area contributed by atoms with Gasteiger partial charge in [-0.1, -0.05) is 42.1 Å². The Morgan fingerprint density at radius 2 is 1.63 bits per heavy atom. The van der Waals surface area contributed by atoms with Gasteiger partial charge in [-0.05, 0) is 39.2 Å². The number of likely N-dealkylation sites (tertiary alicyclic amines) is 1. The normalized spacial score (nSPS) is 17.1. The number of carbonyl (C=O) groups excluding carboxylic acids is 6. The summed E-state index contributed by atoms with van der Waals surface area (Å²) in [5.74, 6) is -1.97. The first kappa shape index (κ1) is 30.8. The summed E-state index contributed by atoms with van der Waals surface area (Å²) < 4.78 is 4.48. The van der Waals surface area contributed by atoms with Crippen LogP contribution >= 0.6 is 11.8 Å². The van der Waals surface area contributed by atoms with Crippen molar-refractivity contribution in [1.82, 2.24) is 20.9 Å². The Kier molecular flexibility index (Phi) is 12.3. The Bertz CT molecular complexity index is 1020. The Hall–Kier alpha value is -3.41. The number of rotatable bonds is 12. The third-order valence-corrected chi connectivity index (χ3v) is 7.17. The first-order valence-corrected chi connectivity index (χ1v) is 13.5. The third kappa shape index (κ3) is 9.47. The van der Waals surface area contributed by atoms with Gasteiger partial charge in [-0.2, -0.15) is 0 Å². The number of nitrogens with zero attached hydrogens (tertiary/aromatic N) is 1. The molecule has 1 heterocycles. The monoisotopic (exact) mass is 548 g/mol. The van der Waals surface area contributed by atoms with Gasteiger partial charge < -0.3 is 25.6 Å². The van der Waals surface area contributed by atoms with Crippen molar-refractivity contribution in [3.63, 3.8) is 0 Å². The molecule has 4 atom stereocenters. The lowest BCUT2D eigenvalue weighted by Gasteiger charge is -2.28. The van der Waals surface area contributed by atoms with Crippen LogP contribution < -0.4 is 16.0 Å². The minimum absolute atomic E-state index is 0.111. The number of benzene rings is 1. The molecule has 0 saturated carbocycles. The molecule has 1 saturated heterocycles. The van der Waals surface area contributed by atoms with Crippen molar-refractivity contribution in [3.05, 3.63) is 35.9 Å². The fraction of sp³-hybridized carbons (Fsp3) is 0.538. The molecule has 0 radical (unpaired) electrons. The number of amides is 4. The van der Waals surface area contributed by atoms with Crippen molar-refractivity contribution in [1.29, 1.82) is 0 Å².